The molecule has 7 heteroatoms. The summed E-state index contributed by atoms with van der Waals surface area (Å²) in [7, 11) is 1.10. The lowest BCUT2D eigenvalue weighted by Crippen LogP contribution is -2.18. The van der Waals surface area contributed by atoms with E-state index in [0.717, 1.165) is 18.7 Å². The van der Waals surface area contributed by atoms with Crippen LogP contribution in [-0.2, 0) is 24.4 Å². The van der Waals surface area contributed by atoms with E-state index >= 15 is 0 Å². The maximum absolute atomic E-state index is 10.8. The molecule has 1 atom stereocenters. The van der Waals surface area contributed by atoms with E-state index < -0.39 is 10.8 Å². The largest absolute Gasteiger partial charge is 0.319 e. The summed E-state index contributed by atoms with van der Waals surface area (Å²) in [5.74, 6) is 0.715. The topological polar surface area (TPSA) is 46.9 Å². The zero-order valence-electron chi connectivity index (χ0n) is 9.30. The fourth-order valence-electron chi connectivity index (χ4n) is 1.27. The second-order valence-corrected chi connectivity index (χ2v) is 5.74. The van der Waals surface area contributed by atoms with E-state index in [4.69, 9.17) is 23.2 Å². The molecule has 0 aromatic carbocycles. The van der Waals surface area contributed by atoms with Crippen molar-refractivity contribution in [2.75, 3.05) is 18.6 Å². The van der Waals surface area contributed by atoms with E-state index in [9.17, 15) is 4.21 Å². The average molecular weight is 284 g/mol. The molecule has 1 N–H and O–H groups in total. The first-order chi connectivity index (χ1) is 7.52. The van der Waals surface area contributed by atoms with E-state index in [1.54, 1.807) is 10.8 Å². The number of imidazole rings is 1. The minimum atomic E-state index is -0.723. The normalized spacial score (nSPS) is 13.0. The van der Waals surface area contributed by atoms with Gasteiger partial charge in [-0.15, -0.1) is 0 Å². The number of rotatable bonds is 6. The molecule has 0 aliphatic carbocycles. The maximum Gasteiger partial charge on any atom is 0.204 e. The number of halogens is 2. The van der Waals surface area contributed by atoms with Gasteiger partial charge >= 0.3 is 0 Å². The lowest BCUT2D eigenvalue weighted by atomic mass is 10.4. The molecule has 0 amide bonds. The van der Waals surface area contributed by atoms with Crippen LogP contribution in [0.5, 0.6) is 0 Å². The summed E-state index contributed by atoms with van der Waals surface area (Å²) in [5, 5.41) is 4.03. The summed E-state index contributed by atoms with van der Waals surface area (Å²) in [6.45, 7) is 1.42. The molecule has 0 fully saturated rings. The van der Waals surface area contributed by atoms with Gasteiger partial charge in [0, 0.05) is 36.4 Å². The first-order valence-electron chi connectivity index (χ1n) is 4.89. The van der Waals surface area contributed by atoms with Crippen molar-refractivity contribution < 1.29 is 4.21 Å². The Hall–Kier alpha value is -0.100. The van der Waals surface area contributed by atoms with Crippen LogP contribution < -0.4 is 5.32 Å². The number of nitrogens with zero attached hydrogens (tertiary/aromatic N) is 2. The molecule has 0 saturated heterocycles. The van der Waals surface area contributed by atoms with Gasteiger partial charge in [0.1, 0.15) is 0 Å². The van der Waals surface area contributed by atoms with Crippen LogP contribution in [0, 0.1) is 0 Å². The van der Waals surface area contributed by atoms with E-state index in [1.165, 1.54) is 0 Å². The van der Waals surface area contributed by atoms with E-state index in [1.807, 2.05) is 7.05 Å². The average Bonchev–Trinajstić information content (AvgIpc) is 2.43. The summed E-state index contributed by atoms with van der Waals surface area (Å²) in [5.41, 5.74) is 0.865. The summed E-state index contributed by atoms with van der Waals surface area (Å²) in [4.78, 5) is 3.94. The lowest BCUT2D eigenvalue weighted by molar-refractivity contribution is 0.640. The van der Waals surface area contributed by atoms with Crippen molar-refractivity contribution in [3.05, 3.63) is 16.1 Å². The summed E-state index contributed by atoms with van der Waals surface area (Å²) in [6, 6.07) is 0. The Morgan fingerprint density at radius 3 is 2.69 bits per heavy atom. The number of hydrogen-bond acceptors (Lipinski definition) is 3. The second kappa shape index (κ2) is 6.59. The molecule has 1 rings (SSSR count). The van der Waals surface area contributed by atoms with Gasteiger partial charge in [0.25, 0.3) is 0 Å². The fourth-order valence-corrected chi connectivity index (χ4v) is 2.32. The van der Waals surface area contributed by atoms with Crippen molar-refractivity contribution in [1.29, 1.82) is 0 Å². The Labute approximate surface area is 108 Å². The molecular formula is C9H15Cl2N3OS. The predicted octanol–water partition coefficient (Wildman–Crippen LogP) is 1.59. The van der Waals surface area contributed by atoms with Crippen molar-refractivity contribution >= 4 is 34.0 Å². The summed E-state index contributed by atoms with van der Waals surface area (Å²) < 4.78 is 12.6. The predicted molar refractivity (Wildman–Crippen MR) is 68.5 cm³/mol. The van der Waals surface area contributed by atoms with Crippen LogP contribution in [0.25, 0.3) is 0 Å². The SMILES string of the molecule is Cn1c(Cl)nc(Cl)c1CNCCCS(C)=O. The van der Waals surface area contributed by atoms with Crippen molar-refractivity contribution in [3.63, 3.8) is 0 Å². The standard InChI is InChI=1S/C9H15Cl2N3OS/c1-14-7(8(10)13-9(14)11)6-12-4-3-5-16(2)15/h12H,3-6H2,1-2H3. The molecule has 0 aliphatic heterocycles. The zero-order valence-corrected chi connectivity index (χ0v) is 11.6. The van der Waals surface area contributed by atoms with Gasteiger partial charge in [-0.05, 0) is 24.6 Å². The number of hydrogen-bond donors (Lipinski definition) is 1. The first-order valence-corrected chi connectivity index (χ1v) is 7.38. The van der Waals surface area contributed by atoms with Gasteiger partial charge in [0.05, 0.1) is 5.69 Å². The maximum atomic E-state index is 10.8. The second-order valence-electron chi connectivity index (χ2n) is 3.49. The van der Waals surface area contributed by atoms with Gasteiger partial charge in [-0.25, -0.2) is 4.98 Å². The van der Waals surface area contributed by atoms with Gasteiger partial charge in [0.15, 0.2) is 5.15 Å². The molecule has 1 aromatic heterocycles. The minimum Gasteiger partial charge on any atom is -0.319 e. The summed E-state index contributed by atoms with van der Waals surface area (Å²) in [6.07, 6.45) is 2.59. The van der Waals surface area contributed by atoms with Gasteiger partial charge in [-0.1, -0.05) is 11.6 Å². The molecule has 1 unspecified atom stereocenters. The molecule has 1 aromatic rings. The monoisotopic (exact) mass is 283 g/mol. The molecule has 92 valence electrons. The van der Waals surface area contributed by atoms with Crippen LogP contribution in [-0.4, -0.2) is 32.3 Å². The molecule has 1 heterocycles. The quantitative estimate of drug-likeness (QED) is 0.807. The van der Waals surface area contributed by atoms with Gasteiger partial charge in [0.2, 0.25) is 5.28 Å². The van der Waals surface area contributed by atoms with E-state index in [-0.39, 0.29) is 0 Å². The van der Waals surface area contributed by atoms with Crippen LogP contribution in [0.2, 0.25) is 10.4 Å². The Kier molecular flexibility index (Phi) is 5.75. The molecular weight excluding hydrogens is 269 g/mol. The van der Waals surface area contributed by atoms with Crippen molar-refractivity contribution in [3.8, 4) is 0 Å². The van der Waals surface area contributed by atoms with Crippen molar-refractivity contribution in [2.45, 2.75) is 13.0 Å². The van der Waals surface area contributed by atoms with Gasteiger partial charge in [-0.3, -0.25) is 4.21 Å². The Balaban J connectivity index is 2.34. The van der Waals surface area contributed by atoms with Gasteiger partial charge in [-0.2, -0.15) is 0 Å². The zero-order chi connectivity index (χ0) is 12.1. The molecule has 0 spiro atoms. The highest BCUT2D eigenvalue weighted by Crippen LogP contribution is 2.18. The fraction of sp³-hybridized carbons (Fsp3) is 0.667. The van der Waals surface area contributed by atoms with Crippen LogP contribution in [0.4, 0.5) is 0 Å². The Morgan fingerprint density at radius 2 is 2.19 bits per heavy atom. The molecule has 0 saturated carbocycles. The molecule has 16 heavy (non-hydrogen) atoms. The molecule has 0 radical (unpaired) electrons. The summed E-state index contributed by atoms with van der Waals surface area (Å²) >= 11 is 11.7. The highest BCUT2D eigenvalue weighted by molar-refractivity contribution is 7.84. The van der Waals surface area contributed by atoms with Crippen molar-refractivity contribution in [1.82, 2.24) is 14.9 Å². The first kappa shape index (κ1) is 14.0. The number of nitrogens with one attached hydrogen (secondary N) is 1. The van der Waals surface area contributed by atoms with Crippen LogP contribution >= 0.6 is 23.2 Å². The lowest BCUT2D eigenvalue weighted by Gasteiger charge is -2.05. The molecule has 0 aliphatic rings. The minimum absolute atomic E-state index is 0.386. The van der Waals surface area contributed by atoms with Crippen LogP contribution in [0.3, 0.4) is 0 Å². The Bertz CT molecular complexity index is 381. The van der Waals surface area contributed by atoms with E-state index in [0.29, 0.717) is 22.7 Å². The third-order valence-electron chi connectivity index (χ3n) is 2.19. The molecule has 4 nitrogen and oxygen atoms in total. The smallest absolute Gasteiger partial charge is 0.204 e. The van der Waals surface area contributed by atoms with Crippen LogP contribution in [0.1, 0.15) is 12.1 Å². The Morgan fingerprint density at radius 1 is 1.50 bits per heavy atom. The highest BCUT2D eigenvalue weighted by atomic mass is 35.5. The van der Waals surface area contributed by atoms with Gasteiger partial charge < -0.3 is 9.88 Å². The third kappa shape index (κ3) is 4.05. The highest BCUT2D eigenvalue weighted by Gasteiger charge is 2.10. The van der Waals surface area contributed by atoms with E-state index in [2.05, 4.69) is 10.3 Å². The molecule has 0 bridgehead atoms. The number of aromatic nitrogens is 2. The third-order valence-corrected chi connectivity index (χ3v) is 3.69. The van der Waals surface area contributed by atoms with Crippen LogP contribution in [0.15, 0.2) is 0 Å². The van der Waals surface area contributed by atoms with Crippen molar-refractivity contribution in [2.24, 2.45) is 7.05 Å².